The smallest absolute Gasteiger partial charge is 0.321 e. The number of carbonyl (C=O) groups is 4. The molecule has 2 N–H and O–H groups in total. The van der Waals surface area contributed by atoms with Crippen LogP contribution in [-0.4, -0.2) is 47.9 Å². The fourth-order valence-corrected chi connectivity index (χ4v) is 3.50. The van der Waals surface area contributed by atoms with E-state index in [1.165, 1.54) is 6.26 Å². The van der Waals surface area contributed by atoms with Crippen molar-refractivity contribution in [3.63, 3.8) is 0 Å². The molecule has 0 bridgehead atoms. The number of likely N-dealkylation sites (tertiary alicyclic amines) is 1. The zero-order valence-corrected chi connectivity index (χ0v) is 14.9. The zero-order valence-electron chi connectivity index (χ0n) is 14.9. The van der Waals surface area contributed by atoms with Crippen LogP contribution in [0.1, 0.15) is 37.9 Å². The molecule has 1 aliphatic heterocycles. The minimum Gasteiger partial charge on any atom is -0.467 e. The van der Waals surface area contributed by atoms with Crippen LogP contribution in [0.15, 0.2) is 22.8 Å². The largest absolute Gasteiger partial charge is 0.467 e. The fraction of sp³-hybridized carbons (Fsp3) is 0.556. The number of esters is 1. The van der Waals surface area contributed by atoms with Gasteiger partial charge < -0.3 is 19.4 Å². The van der Waals surface area contributed by atoms with E-state index in [1.807, 2.05) is 0 Å². The molecule has 0 radical (unpaired) electrons. The fourth-order valence-electron chi connectivity index (χ4n) is 3.50. The zero-order chi connectivity index (χ0) is 19.2. The molecule has 2 heterocycles. The summed E-state index contributed by atoms with van der Waals surface area (Å²) in [4.78, 5) is 49.3. The Labute approximate surface area is 156 Å². The maximum Gasteiger partial charge on any atom is 0.321 e. The van der Waals surface area contributed by atoms with Gasteiger partial charge in [-0.3, -0.25) is 19.7 Å². The average molecular weight is 377 g/mol. The molecule has 27 heavy (non-hydrogen) atoms. The van der Waals surface area contributed by atoms with Crippen LogP contribution in [0.2, 0.25) is 0 Å². The summed E-state index contributed by atoms with van der Waals surface area (Å²) in [5.74, 6) is -1.38. The van der Waals surface area contributed by atoms with Crippen LogP contribution < -0.4 is 10.6 Å². The van der Waals surface area contributed by atoms with E-state index in [4.69, 9.17) is 9.15 Å². The van der Waals surface area contributed by atoms with Crippen LogP contribution in [0.5, 0.6) is 0 Å². The Morgan fingerprint density at radius 1 is 1.26 bits per heavy atom. The summed E-state index contributed by atoms with van der Waals surface area (Å²) in [5.41, 5.74) is 0. The molecule has 2 aliphatic rings. The lowest BCUT2D eigenvalue weighted by molar-refractivity contribution is -0.152. The van der Waals surface area contributed by atoms with Gasteiger partial charge in [-0.25, -0.2) is 4.79 Å². The Bertz CT molecular complexity index is 696. The van der Waals surface area contributed by atoms with Crippen molar-refractivity contribution >= 4 is 23.8 Å². The number of nitrogens with one attached hydrogen (secondary N) is 2. The second-order valence-corrected chi connectivity index (χ2v) is 6.80. The number of rotatable bonds is 6. The maximum absolute atomic E-state index is 12.1. The van der Waals surface area contributed by atoms with Crippen LogP contribution in [0.3, 0.4) is 0 Å². The number of hydrogen-bond donors (Lipinski definition) is 2. The third-order valence-electron chi connectivity index (χ3n) is 4.86. The molecule has 1 aliphatic carbocycles. The molecule has 1 saturated carbocycles. The molecule has 4 amide bonds. The molecule has 0 aromatic carbocycles. The normalized spacial score (nSPS) is 19.9. The molecule has 1 aromatic heterocycles. The molecule has 1 aromatic rings. The van der Waals surface area contributed by atoms with Gasteiger partial charge in [0, 0.05) is 19.0 Å². The van der Waals surface area contributed by atoms with Crippen LogP contribution in [0.25, 0.3) is 0 Å². The lowest BCUT2D eigenvalue weighted by atomic mass is 10.1. The van der Waals surface area contributed by atoms with E-state index in [-0.39, 0.29) is 24.9 Å². The van der Waals surface area contributed by atoms with E-state index in [9.17, 15) is 19.2 Å². The highest BCUT2D eigenvalue weighted by molar-refractivity contribution is 5.96. The van der Waals surface area contributed by atoms with E-state index in [2.05, 4.69) is 10.6 Å². The molecule has 0 unspecified atom stereocenters. The van der Waals surface area contributed by atoms with Crippen molar-refractivity contribution in [2.24, 2.45) is 5.92 Å². The van der Waals surface area contributed by atoms with Crippen molar-refractivity contribution < 1.29 is 28.3 Å². The van der Waals surface area contributed by atoms with E-state index in [0.29, 0.717) is 12.3 Å². The molecule has 0 spiro atoms. The highest BCUT2D eigenvalue weighted by Gasteiger charge is 2.39. The van der Waals surface area contributed by atoms with Crippen molar-refractivity contribution in [3.05, 3.63) is 24.2 Å². The third kappa shape index (κ3) is 5.08. The van der Waals surface area contributed by atoms with Gasteiger partial charge in [0.1, 0.15) is 5.76 Å². The Morgan fingerprint density at radius 2 is 2.04 bits per heavy atom. The molecule has 3 rings (SSSR count). The highest BCUT2D eigenvalue weighted by atomic mass is 16.5. The van der Waals surface area contributed by atoms with Gasteiger partial charge in [0.25, 0.3) is 5.91 Å². The molecule has 1 atom stereocenters. The van der Waals surface area contributed by atoms with Gasteiger partial charge in [0.2, 0.25) is 5.91 Å². The number of carbonyl (C=O) groups excluding carboxylic acids is 4. The Kier molecular flexibility index (Phi) is 6.10. The van der Waals surface area contributed by atoms with Crippen molar-refractivity contribution in [1.29, 1.82) is 0 Å². The average Bonchev–Trinajstić information content (AvgIpc) is 3.39. The molecule has 9 heteroatoms. The van der Waals surface area contributed by atoms with Gasteiger partial charge in [-0.05, 0) is 25.0 Å². The first-order valence-electron chi connectivity index (χ1n) is 9.09. The molecular weight excluding hydrogens is 354 g/mol. The summed E-state index contributed by atoms with van der Waals surface area (Å²) in [7, 11) is 0. The number of urea groups is 1. The van der Waals surface area contributed by atoms with Gasteiger partial charge in [-0.2, -0.15) is 0 Å². The second-order valence-electron chi connectivity index (χ2n) is 6.80. The Balaban J connectivity index is 1.36. The lowest BCUT2D eigenvalue weighted by Gasteiger charge is -2.23. The van der Waals surface area contributed by atoms with Crippen LogP contribution in [0, 0.1) is 5.92 Å². The minimum atomic E-state index is -0.739. The topological polar surface area (TPSA) is 118 Å². The molecule has 1 saturated heterocycles. The second kappa shape index (κ2) is 8.70. The minimum absolute atomic E-state index is 0.0365. The van der Waals surface area contributed by atoms with Crippen molar-refractivity contribution in [2.45, 2.75) is 44.7 Å². The maximum atomic E-state index is 12.1. The Hall–Kier alpha value is -2.84. The van der Waals surface area contributed by atoms with Crippen LogP contribution >= 0.6 is 0 Å². The monoisotopic (exact) mass is 377 g/mol. The van der Waals surface area contributed by atoms with Crippen molar-refractivity contribution in [2.75, 3.05) is 13.2 Å². The summed E-state index contributed by atoms with van der Waals surface area (Å²) in [5, 5.41) is 4.51. The van der Waals surface area contributed by atoms with E-state index in [1.54, 1.807) is 17.0 Å². The van der Waals surface area contributed by atoms with E-state index in [0.717, 1.165) is 25.7 Å². The van der Waals surface area contributed by atoms with E-state index >= 15 is 0 Å². The summed E-state index contributed by atoms with van der Waals surface area (Å²) < 4.78 is 10.0. The number of hydrogen-bond acceptors (Lipinski definition) is 6. The number of furan rings is 1. The number of amides is 4. The van der Waals surface area contributed by atoms with Crippen molar-refractivity contribution in [3.8, 4) is 0 Å². The first kappa shape index (κ1) is 18.9. The summed E-state index contributed by atoms with van der Waals surface area (Å²) in [6.07, 6.45) is 5.74. The molecule has 9 nitrogen and oxygen atoms in total. The number of imide groups is 1. The summed E-state index contributed by atoms with van der Waals surface area (Å²) >= 11 is 0. The SMILES string of the molecule is O=C(COC(=O)[C@@H]1CC(=O)N(C2CCCC2)C1)NC(=O)NCc1ccco1. The molecule has 146 valence electrons. The quantitative estimate of drug-likeness (QED) is 0.713. The van der Waals surface area contributed by atoms with Crippen LogP contribution in [0.4, 0.5) is 4.79 Å². The third-order valence-corrected chi connectivity index (χ3v) is 4.86. The standard InChI is InChI=1S/C18H23N3O6/c22-15(20-18(25)19-9-14-6-3-7-26-14)11-27-17(24)12-8-16(23)21(10-12)13-4-1-2-5-13/h3,6-7,12-13H,1-2,4-5,8-11H2,(H2,19,20,22,25)/t12-/m1/s1. The molecular formula is C18H23N3O6. The first-order valence-corrected chi connectivity index (χ1v) is 9.09. The Morgan fingerprint density at radius 3 is 2.74 bits per heavy atom. The van der Waals surface area contributed by atoms with Crippen molar-refractivity contribution in [1.82, 2.24) is 15.5 Å². The first-order chi connectivity index (χ1) is 13.0. The van der Waals surface area contributed by atoms with Gasteiger partial charge in [-0.15, -0.1) is 0 Å². The predicted octanol–water partition coefficient (Wildman–Crippen LogP) is 0.940. The van der Waals surface area contributed by atoms with Gasteiger partial charge in [0.15, 0.2) is 6.61 Å². The van der Waals surface area contributed by atoms with Crippen LogP contribution in [-0.2, 0) is 25.7 Å². The predicted molar refractivity (Wildman–Crippen MR) is 92.1 cm³/mol. The van der Waals surface area contributed by atoms with Gasteiger partial charge in [0.05, 0.1) is 18.7 Å². The van der Waals surface area contributed by atoms with Gasteiger partial charge >= 0.3 is 12.0 Å². The van der Waals surface area contributed by atoms with Gasteiger partial charge in [-0.1, -0.05) is 12.8 Å². The highest BCUT2D eigenvalue weighted by Crippen LogP contribution is 2.29. The molecule has 2 fully saturated rings. The summed E-state index contributed by atoms with van der Waals surface area (Å²) in [6, 6.07) is 2.87. The van der Waals surface area contributed by atoms with E-state index < -0.39 is 30.4 Å². The number of ether oxygens (including phenoxy) is 1. The lowest BCUT2D eigenvalue weighted by Crippen LogP contribution is -2.41. The number of nitrogens with zero attached hydrogens (tertiary/aromatic N) is 1. The summed E-state index contributed by atoms with van der Waals surface area (Å²) in [6.45, 7) is -0.0954.